The summed E-state index contributed by atoms with van der Waals surface area (Å²) in [7, 11) is 1.76. The van der Waals surface area contributed by atoms with E-state index in [-0.39, 0.29) is 5.91 Å². The molecular weight excluding hydrogens is 376 g/mol. The van der Waals surface area contributed by atoms with E-state index in [0.29, 0.717) is 17.9 Å². The predicted octanol–water partition coefficient (Wildman–Crippen LogP) is 2.46. The monoisotopic (exact) mass is 386 g/mol. The number of nitrogens with zero attached hydrogens (tertiary/aromatic N) is 2. The number of aromatic nitrogens is 2. The Balaban J connectivity index is 2.09. The van der Waals surface area contributed by atoms with E-state index in [1.54, 1.807) is 24.0 Å². The summed E-state index contributed by atoms with van der Waals surface area (Å²) in [5, 5.41) is 6.84. The van der Waals surface area contributed by atoms with Crippen molar-refractivity contribution in [3.8, 4) is 0 Å². The van der Waals surface area contributed by atoms with Crippen molar-refractivity contribution in [2.24, 2.45) is 7.05 Å². The van der Waals surface area contributed by atoms with Crippen LogP contribution in [0.15, 0.2) is 33.3 Å². The van der Waals surface area contributed by atoms with Crippen LogP contribution in [0, 0.1) is 0 Å². The molecule has 1 aromatic heterocycles. The lowest BCUT2D eigenvalue weighted by atomic mass is 10.2. The zero-order valence-corrected chi connectivity index (χ0v) is 13.3. The molecule has 0 unspecified atom stereocenters. The average Bonchev–Trinajstić information content (AvgIpc) is 2.70. The molecule has 0 saturated heterocycles. The number of amides is 1. The minimum absolute atomic E-state index is 0.170. The lowest BCUT2D eigenvalue weighted by Crippen LogP contribution is -2.23. The van der Waals surface area contributed by atoms with E-state index in [2.05, 4.69) is 42.3 Å². The maximum atomic E-state index is 12.1. The molecule has 7 heteroatoms. The quantitative estimate of drug-likeness (QED) is 0.849. The van der Waals surface area contributed by atoms with Crippen LogP contribution in [0.1, 0.15) is 15.9 Å². The van der Waals surface area contributed by atoms with E-state index < -0.39 is 0 Å². The Morgan fingerprint density at radius 1 is 1.47 bits per heavy atom. The van der Waals surface area contributed by atoms with Crippen molar-refractivity contribution in [1.82, 2.24) is 15.1 Å². The van der Waals surface area contributed by atoms with Gasteiger partial charge in [0, 0.05) is 28.1 Å². The lowest BCUT2D eigenvalue weighted by molar-refractivity contribution is 0.0950. The standard InChI is InChI=1S/C12H12Br2N4O/c1-18-11(15)7(6-17-18)5-16-12(19)9-4-8(13)2-3-10(9)14/h2-4,6H,5,15H2,1H3,(H,16,19). The first kappa shape index (κ1) is 14.1. The van der Waals surface area contributed by atoms with Gasteiger partial charge in [0.05, 0.1) is 11.8 Å². The van der Waals surface area contributed by atoms with Gasteiger partial charge in [0.25, 0.3) is 5.91 Å². The molecule has 0 aliphatic carbocycles. The van der Waals surface area contributed by atoms with Crippen LogP contribution in [0.5, 0.6) is 0 Å². The van der Waals surface area contributed by atoms with Gasteiger partial charge < -0.3 is 11.1 Å². The van der Waals surface area contributed by atoms with Gasteiger partial charge in [0.2, 0.25) is 0 Å². The molecule has 3 N–H and O–H groups in total. The Hall–Kier alpha value is -1.34. The highest BCUT2D eigenvalue weighted by Gasteiger charge is 2.12. The van der Waals surface area contributed by atoms with Crippen LogP contribution < -0.4 is 11.1 Å². The third-order valence-corrected chi connectivity index (χ3v) is 3.86. The maximum absolute atomic E-state index is 12.1. The highest BCUT2D eigenvalue weighted by atomic mass is 79.9. The fraction of sp³-hybridized carbons (Fsp3) is 0.167. The smallest absolute Gasteiger partial charge is 0.252 e. The number of hydrogen-bond donors (Lipinski definition) is 2. The normalized spacial score (nSPS) is 10.5. The Kier molecular flexibility index (Phi) is 4.26. The van der Waals surface area contributed by atoms with E-state index in [9.17, 15) is 4.79 Å². The third-order valence-electron chi connectivity index (χ3n) is 2.68. The minimum atomic E-state index is -0.170. The summed E-state index contributed by atoms with van der Waals surface area (Å²) in [6, 6.07) is 5.43. The molecule has 0 aliphatic rings. The second-order valence-electron chi connectivity index (χ2n) is 3.99. The number of aryl methyl sites for hydroxylation is 1. The van der Waals surface area contributed by atoms with E-state index in [4.69, 9.17) is 5.73 Å². The molecule has 1 aromatic carbocycles. The van der Waals surface area contributed by atoms with Crippen molar-refractivity contribution >= 4 is 43.6 Å². The molecule has 0 aliphatic heterocycles. The van der Waals surface area contributed by atoms with Crippen molar-refractivity contribution < 1.29 is 4.79 Å². The van der Waals surface area contributed by atoms with E-state index >= 15 is 0 Å². The Bertz CT molecular complexity index is 624. The van der Waals surface area contributed by atoms with Gasteiger partial charge in [-0.2, -0.15) is 5.10 Å². The largest absolute Gasteiger partial charge is 0.384 e. The number of carbonyl (C=O) groups is 1. The van der Waals surface area contributed by atoms with Gasteiger partial charge in [-0.15, -0.1) is 0 Å². The van der Waals surface area contributed by atoms with Crippen molar-refractivity contribution in [1.29, 1.82) is 0 Å². The predicted molar refractivity (Wildman–Crippen MR) is 80.6 cm³/mol. The Morgan fingerprint density at radius 2 is 2.21 bits per heavy atom. The number of nitrogen functional groups attached to an aromatic ring is 1. The molecule has 0 bridgehead atoms. The number of nitrogens with one attached hydrogen (secondary N) is 1. The second-order valence-corrected chi connectivity index (χ2v) is 5.76. The van der Waals surface area contributed by atoms with Crippen LogP contribution in [0.25, 0.3) is 0 Å². The van der Waals surface area contributed by atoms with Gasteiger partial charge in [-0.05, 0) is 34.1 Å². The second kappa shape index (κ2) is 5.75. The molecule has 19 heavy (non-hydrogen) atoms. The van der Waals surface area contributed by atoms with E-state index in [0.717, 1.165) is 14.5 Å². The molecule has 0 radical (unpaired) electrons. The summed E-state index contributed by atoms with van der Waals surface area (Å²) in [4.78, 5) is 12.1. The highest BCUT2D eigenvalue weighted by Crippen LogP contribution is 2.21. The fourth-order valence-electron chi connectivity index (χ4n) is 1.57. The van der Waals surface area contributed by atoms with Gasteiger partial charge in [-0.25, -0.2) is 0 Å². The van der Waals surface area contributed by atoms with E-state index in [1.807, 2.05) is 12.1 Å². The number of hydrogen-bond acceptors (Lipinski definition) is 3. The number of carbonyl (C=O) groups excluding carboxylic acids is 1. The van der Waals surface area contributed by atoms with Crippen LogP contribution in [0.2, 0.25) is 0 Å². The lowest BCUT2D eigenvalue weighted by Gasteiger charge is -2.07. The molecule has 100 valence electrons. The van der Waals surface area contributed by atoms with Crippen molar-refractivity contribution in [2.75, 3.05) is 5.73 Å². The zero-order valence-electron chi connectivity index (χ0n) is 10.2. The van der Waals surface area contributed by atoms with Crippen LogP contribution >= 0.6 is 31.9 Å². The molecule has 1 amide bonds. The number of rotatable bonds is 3. The fourth-order valence-corrected chi connectivity index (χ4v) is 2.36. The number of benzene rings is 1. The van der Waals surface area contributed by atoms with Crippen molar-refractivity contribution in [3.63, 3.8) is 0 Å². The number of anilines is 1. The summed E-state index contributed by atoms with van der Waals surface area (Å²) in [5.41, 5.74) is 7.17. The van der Waals surface area contributed by atoms with Crippen molar-refractivity contribution in [3.05, 3.63) is 44.5 Å². The number of halogens is 2. The molecular formula is C12H12Br2N4O. The molecule has 0 spiro atoms. The Labute approximate surface area is 127 Å². The third kappa shape index (κ3) is 3.16. The van der Waals surface area contributed by atoms with Crippen LogP contribution in [0.3, 0.4) is 0 Å². The van der Waals surface area contributed by atoms with Gasteiger partial charge in [-0.3, -0.25) is 9.48 Å². The topological polar surface area (TPSA) is 72.9 Å². The highest BCUT2D eigenvalue weighted by molar-refractivity contribution is 9.11. The van der Waals surface area contributed by atoms with Crippen LogP contribution in [-0.4, -0.2) is 15.7 Å². The molecule has 2 rings (SSSR count). The maximum Gasteiger partial charge on any atom is 0.252 e. The molecule has 0 saturated carbocycles. The zero-order chi connectivity index (χ0) is 14.0. The van der Waals surface area contributed by atoms with E-state index in [1.165, 1.54) is 0 Å². The van der Waals surface area contributed by atoms with Gasteiger partial charge >= 0.3 is 0 Å². The van der Waals surface area contributed by atoms with Crippen molar-refractivity contribution in [2.45, 2.75) is 6.54 Å². The molecule has 0 fully saturated rings. The summed E-state index contributed by atoms with van der Waals surface area (Å²) < 4.78 is 3.16. The summed E-state index contributed by atoms with van der Waals surface area (Å²) in [5.74, 6) is 0.380. The summed E-state index contributed by atoms with van der Waals surface area (Å²) in [6.45, 7) is 0.345. The first-order chi connectivity index (χ1) is 8.99. The minimum Gasteiger partial charge on any atom is -0.384 e. The van der Waals surface area contributed by atoms with Gasteiger partial charge in [-0.1, -0.05) is 15.9 Å². The molecule has 1 heterocycles. The van der Waals surface area contributed by atoms with Crippen LogP contribution in [0.4, 0.5) is 5.82 Å². The molecule has 0 atom stereocenters. The summed E-state index contributed by atoms with van der Waals surface area (Å²) in [6.07, 6.45) is 1.64. The first-order valence-corrected chi connectivity index (χ1v) is 7.07. The SMILES string of the molecule is Cn1ncc(CNC(=O)c2cc(Br)ccc2Br)c1N. The first-order valence-electron chi connectivity index (χ1n) is 5.48. The van der Waals surface area contributed by atoms with Crippen LogP contribution in [-0.2, 0) is 13.6 Å². The molecule has 2 aromatic rings. The summed E-state index contributed by atoms with van der Waals surface area (Å²) >= 11 is 6.69. The van der Waals surface area contributed by atoms with Gasteiger partial charge in [0.1, 0.15) is 5.82 Å². The average molecular weight is 388 g/mol. The van der Waals surface area contributed by atoms with Gasteiger partial charge in [0.15, 0.2) is 0 Å². The Morgan fingerprint density at radius 3 is 2.84 bits per heavy atom. The number of nitrogens with two attached hydrogens (primary N) is 1. The molecule has 5 nitrogen and oxygen atoms in total.